The van der Waals surface area contributed by atoms with Gasteiger partial charge in [0.2, 0.25) is 5.95 Å². The van der Waals surface area contributed by atoms with Gasteiger partial charge in [0.05, 0.1) is 11.6 Å². The summed E-state index contributed by atoms with van der Waals surface area (Å²) >= 11 is 6.66. The molecular formula is C35H44ClN7O. The molecule has 2 saturated heterocycles. The number of benzene rings is 2. The summed E-state index contributed by atoms with van der Waals surface area (Å²) in [6, 6.07) is 14.6. The zero-order chi connectivity index (χ0) is 31.0. The summed E-state index contributed by atoms with van der Waals surface area (Å²) in [5, 5.41) is 4.88. The largest absolute Gasteiger partial charge is 0.368 e. The Hall–Kier alpha value is -3.46. The quantitative estimate of drug-likeness (QED) is 0.250. The lowest BCUT2D eigenvalue weighted by Crippen LogP contribution is -2.50. The van der Waals surface area contributed by atoms with Crippen LogP contribution in [0.5, 0.6) is 0 Å². The summed E-state index contributed by atoms with van der Waals surface area (Å²) in [4.78, 5) is 31.6. The van der Waals surface area contributed by atoms with Crippen LogP contribution in [0.1, 0.15) is 50.3 Å². The zero-order valence-corrected chi connectivity index (χ0v) is 27.4. The van der Waals surface area contributed by atoms with Gasteiger partial charge in [-0.05, 0) is 95.6 Å². The van der Waals surface area contributed by atoms with Crippen LogP contribution in [0.25, 0.3) is 22.2 Å². The van der Waals surface area contributed by atoms with Gasteiger partial charge in [-0.3, -0.25) is 9.36 Å². The minimum atomic E-state index is -0.0438. The van der Waals surface area contributed by atoms with Crippen LogP contribution >= 0.6 is 11.6 Å². The number of aryl methyl sites for hydroxylation is 2. The third kappa shape index (κ3) is 5.95. The topological polar surface area (TPSA) is 69.5 Å². The average molecular weight is 614 g/mol. The Balaban J connectivity index is 1.40. The summed E-state index contributed by atoms with van der Waals surface area (Å²) in [7, 11) is 2.19. The molecule has 0 spiro atoms. The number of nitrogens with zero attached hydrogens (tertiary/aromatic N) is 6. The Morgan fingerprint density at radius 1 is 1.07 bits per heavy atom. The van der Waals surface area contributed by atoms with Crippen LogP contribution in [0.4, 0.5) is 17.3 Å². The molecule has 1 N–H and O–H groups in total. The Bertz CT molecular complexity index is 1720. The van der Waals surface area contributed by atoms with E-state index in [1.165, 1.54) is 11.3 Å². The van der Waals surface area contributed by atoms with Crippen molar-refractivity contribution >= 4 is 40.0 Å². The van der Waals surface area contributed by atoms with Gasteiger partial charge in [-0.1, -0.05) is 36.7 Å². The molecule has 2 atom stereocenters. The van der Waals surface area contributed by atoms with Crippen molar-refractivity contribution in [1.82, 2.24) is 24.3 Å². The van der Waals surface area contributed by atoms with E-state index in [2.05, 4.69) is 66.0 Å². The Kier molecular flexibility index (Phi) is 8.94. The molecule has 8 nitrogen and oxygen atoms in total. The van der Waals surface area contributed by atoms with Crippen LogP contribution in [-0.2, 0) is 0 Å². The van der Waals surface area contributed by atoms with E-state index in [1.54, 1.807) is 0 Å². The second-order valence-corrected chi connectivity index (χ2v) is 13.0. The normalized spacial score (nSPS) is 19.9. The molecule has 4 aromatic rings. The van der Waals surface area contributed by atoms with Gasteiger partial charge in [0.15, 0.2) is 0 Å². The van der Waals surface area contributed by atoms with Gasteiger partial charge in [0, 0.05) is 65.8 Å². The molecule has 2 aromatic heterocycles. The summed E-state index contributed by atoms with van der Waals surface area (Å²) < 4.78 is 1.93. The van der Waals surface area contributed by atoms with Crippen molar-refractivity contribution in [2.45, 2.75) is 59.0 Å². The molecule has 0 amide bonds. The highest BCUT2D eigenvalue weighted by Gasteiger charge is 2.27. The van der Waals surface area contributed by atoms with Gasteiger partial charge in [0.1, 0.15) is 5.65 Å². The van der Waals surface area contributed by atoms with E-state index in [0.29, 0.717) is 28.2 Å². The third-order valence-corrected chi connectivity index (χ3v) is 9.82. The molecule has 2 aliphatic heterocycles. The lowest BCUT2D eigenvalue weighted by molar-refractivity contribution is 0.178. The SMILES string of the molecule is CCCN1CCC[C@H](n2c(=O)c(-c3ccccc3Cl)c(C)c3cnc(Nc4ccc(N5CCN(C)[C@H](C)C5)c(C)c4)nc32)C1. The van der Waals surface area contributed by atoms with Gasteiger partial charge in [0.25, 0.3) is 5.56 Å². The number of fused-ring (bicyclic) bond motifs is 1. The first-order chi connectivity index (χ1) is 21.2. The average Bonchev–Trinajstić information content (AvgIpc) is 3.00. The monoisotopic (exact) mass is 613 g/mol. The number of aromatic nitrogens is 3. The Morgan fingerprint density at radius 3 is 2.64 bits per heavy atom. The molecule has 0 aliphatic carbocycles. The molecule has 2 fully saturated rings. The van der Waals surface area contributed by atoms with Crippen molar-refractivity contribution in [3.05, 3.63) is 75.2 Å². The van der Waals surface area contributed by atoms with Crippen LogP contribution in [0, 0.1) is 13.8 Å². The molecule has 232 valence electrons. The Morgan fingerprint density at radius 2 is 1.89 bits per heavy atom. The van der Waals surface area contributed by atoms with Gasteiger partial charge < -0.3 is 20.0 Å². The van der Waals surface area contributed by atoms with Crippen molar-refractivity contribution in [1.29, 1.82) is 0 Å². The van der Waals surface area contributed by atoms with E-state index in [0.717, 1.165) is 80.7 Å². The van der Waals surface area contributed by atoms with E-state index in [4.69, 9.17) is 21.6 Å². The smallest absolute Gasteiger partial charge is 0.260 e. The van der Waals surface area contributed by atoms with E-state index in [9.17, 15) is 4.79 Å². The standard InChI is InChI=1S/C35H44ClN7O/c1-6-15-41-16-9-10-27(22-41)43-33-29(25(4)32(34(43)44)28-11-7-8-12-30(28)36)20-37-35(39-33)38-26-13-14-31(23(2)19-26)42-18-17-40(5)24(3)21-42/h7-8,11-14,19-20,24,27H,6,9-10,15-18,21-22H2,1-5H3,(H,37,38,39)/t24-,27+/m1/s1. The lowest BCUT2D eigenvalue weighted by Gasteiger charge is -2.39. The molecule has 0 bridgehead atoms. The number of halogens is 1. The van der Waals surface area contributed by atoms with Gasteiger partial charge >= 0.3 is 0 Å². The van der Waals surface area contributed by atoms with Gasteiger partial charge in [-0.15, -0.1) is 0 Å². The van der Waals surface area contributed by atoms with E-state index < -0.39 is 0 Å². The maximum Gasteiger partial charge on any atom is 0.260 e. The van der Waals surface area contributed by atoms with Crippen LogP contribution in [-0.4, -0.2) is 76.7 Å². The number of anilines is 3. The summed E-state index contributed by atoms with van der Waals surface area (Å²) in [5.74, 6) is 0.483. The summed E-state index contributed by atoms with van der Waals surface area (Å²) in [6.45, 7) is 14.6. The first-order valence-electron chi connectivity index (χ1n) is 16.0. The number of hydrogen-bond acceptors (Lipinski definition) is 7. The maximum atomic E-state index is 14.5. The fraction of sp³-hybridized carbons (Fsp3) is 0.457. The molecule has 4 heterocycles. The van der Waals surface area contributed by atoms with Crippen molar-refractivity contribution in [2.75, 3.05) is 56.5 Å². The second kappa shape index (κ2) is 12.9. The molecule has 0 unspecified atom stereocenters. The highest BCUT2D eigenvalue weighted by molar-refractivity contribution is 6.33. The van der Waals surface area contributed by atoms with Gasteiger partial charge in [-0.2, -0.15) is 4.98 Å². The minimum absolute atomic E-state index is 0.0161. The number of nitrogens with one attached hydrogen (secondary N) is 1. The molecule has 2 aliphatic rings. The van der Waals surface area contributed by atoms with Crippen molar-refractivity contribution in [3.8, 4) is 11.1 Å². The van der Waals surface area contributed by atoms with Crippen LogP contribution < -0.4 is 15.8 Å². The van der Waals surface area contributed by atoms with Crippen molar-refractivity contribution < 1.29 is 0 Å². The second-order valence-electron chi connectivity index (χ2n) is 12.6. The Labute approximate surface area is 265 Å². The number of hydrogen-bond donors (Lipinski definition) is 1. The predicted octanol–water partition coefficient (Wildman–Crippen LogP) is 6.66. The van der Waals surface area contributed by atoms with E-state index >= 15 is 0 Å². The highest BCUT2D eigenvalue weighted by Crippen LogP contribution is 2.34. The lowest BCUT2D eigenvalue weighted by atomic mass is 9.98. The van der Waals surface area contributed by atoms with Crippen molar-refractivity contribution in [3.63, 3.8) is 0 Å². The fourth-order valence-corrected chi connectivity index (χ4v) is 7.19. The minimum Gasteiger partial charge on any atom is -0.368 e. The molecule has 9 heteroatoms. The first-order valence-corrected chi connectivity index (χ1v) is 16.3. The summed E-state index contributed by atoms with van der Waals surface area (Å²) in [5.41, 5.74) is 6.26. The molecule has 0 radical (unpaired) electrons. The predicted molar refractivity (Wildman–Crippen MR) is 183 cm³/mol. The van der Waals surface area contributed by atoms with Crippen LogP contribution in [0.15, 0.2) is 53.5 Å². The molecule has 0 saturated carbocycles. The first kappa shape index (κ1) is 30.6. The number of pyridine rings is 1. The maximum absolute atomic E-state index is 14.5. The summed E-state index contributed by atoms with van der Waals surface area (Å²) in [6.07, 6.45) is 4.92. The number of piperidine rings is 1. The molecule has 6 rings (SSSR count). The third-order valence-electron chi connectivity index (χ3n) is 9.49. The van der Waals surface area contributed by atoms with Gasteiger partial charge in [-0.25, -0.2) is 4.98 Å². The molecular weight excluding hydrogens is 570 g/mol. The fourth-order valence-electron chi connectivity index (χ4n) is 6.96. The highest BCUT2D eigenvalue weighted by atomic mass is 35.5. The van der Waals surface area contributed by atoms with Crippen molar-refractivity contribution in [2.24, 2.45) is 0 Å². The van der Waals surface area contributed by atoms with Crippen LogP contribution in [0.2, 0.25) is 5.02 Å². The number of likely N-dealkylation sites (tertiary alicyclic amines) is 1. The molecule has 2 aromatic carbocycles. The number of likely N-dealkylation sites (N-methyl/N-ethyl adjacent to an activating group) is 1. The van der Waals surface area contributed by atoms with E-state index in [1.807, 2.05) is 42.0 Å². The molecule has 44 heavy (non-hydrogen) atoms. The zero-order valence-electron chi connectivity index (χ0n) is 26.6. The number of rotatable bonds is 7. The van der Waals surface area contributed by atoms with E-state index in [-0.39, 0.29) is 11.6 Å². The van der Waals surface area contributed by atoms with Crippen LogP contribution in [0.3, 0.4) is 0 Å². The number of piperazine rings is 1.